The quantitative estimate of drug-likeness (QED) is 0.469. The maximum Gasteiger partial charge on any atom is 0.186 e. The molecule has 0 spiro atoms. The third-order valence-electron chi connectivity index (χ3n) is 11.0. The van der Waals surface area contributed by atoms with Crippen LogP contribution in [0.5, 0.6) is 0 Å². The Morgan fingerprint density at radius 3 is 2.30 bits per heavy atom. The van der Waals surface area contributed by atoms with Gasteiger partial charge in [-0.25, -0.2) is 0 Å². The Bertz CT molecular complexity index is 702. The van der Waals surface area contributed by atoms with E-state index in [1.807, 2.05) is 7.11 Å². The number of aliphatic hydroxyl groups excluding tert-OH is 4. The van der Waals surface area contributed by atoms with Crippen molar-refractivity contribution in [3.63, 3.8) is 0 Å². The molecule has 33 heavy (non-hydrogen) atoms. The summed E-state index contributed by atoms with van der Waals surface area (Å²) in [7, 11) is 1.89. The lowest BCUT2D eigenvalue weighted by Gasteiger charge is -2.61. The van der Waals surface area contributed by atoms with Crippen molar-refractivity contribution in [1.29, 1.82) is 0 Å². The van der Waals surface area contributed by atoms with Crippen LogP contribution in [0.4, 0.5) is 0 Å². The number of ether oxygens (including phenoxy) is 3. The van der Waals surface area contributed by atoms with Gasteiger partial charge in [0.05, 0.1) is 18.8 Å². The van der Waals surface area contributed by atoms with Crippen molar-refractivity contribution < 1.29 is 34.6 Å². The monoisotopic (exact) mass is 468 g/mol. The largest absolute Gasteiger partial charge is 0.394 e. The standard InChI is InChI=1S/C26H44O7/c1-25-10-8-15(32-24-23(30)22(29)21(28)19(13-27)33-24)12-14(25)4-5-16-17-6-7-20(31-3)26(17,2)11-9-18(16)25/h14-24,27-30H,4-13H2,1-3H3/t14-,15-,16-,17-,18-,19+,20-,21-,22-,23+,24+,25-,26-/m0/s1. The van der Waals surface area contributed by atoms with E-state index in [9.17, 15) is 20.4 Å². The molecule has 1 saturated heterocycles. The molecule has 190 valence electrons. The Balaban J connectivity index is 1.25. The van der Waals surface area contributed by atoms with Crippen LogP contribution in [0.1, 0.15) is 71.6 Å². The summed E-state index contributed by atoms with van der Waals surface area (Å²) in [4.78, 5) is 0. The second-order valence-corrected chi connectivity index (χ2v) is 12.2. The molecule has 0 bridgehead atoms. The van der Waals surface area contributed by atoms with Crippen LogP contribution >= 0.6 is 0 Å². The summed E-state index contributed by atoms with van der Waals surface area (Å²) in [5, 5.41) is 40.0. The van der Waals surface area contributed by atoms with E-state index in [0.717, 1.165) is 37.0 Å². The van der Waals surface area contributed by atoms with E-state index >= 15 is 0 Å². The number of fused-ring (bicyclic) bond motifs is 5. The van der Waals surface area contributed by atoms with Gasteiger partial charge in [-0.05, 0) is 92.3 Å². The Kier molecular flexibility index (Phi) is 6.65. The topological polar surface area (TPSA) is 109 Å². The van der Waals surface area contributed by atoms with Gasteiger partial charge in [0.15, 0.2) is 6.29 Å². The highest BCUT2D eigenvalue weighted by Crippen LogP contribution is 2.66. The molecule has 0 aromatic heterocycles. The van der Waals surface area contributed by atoms with E-state index in [-0.39, 0.29) is 6.10 Å². The van der Waals surface area contributed by atoms with Crippen LogP contribution in [0.25, 0.3) is 0 Å². The predicted molar refractivity (Wildman–Crippen MR) is 121 cm³/mol. The molecule has 4 aliphatic carbocycles. The minimum Gasteiger partial charge on any atom is -0.394 e. The third-order valence-corrected chi connectivity index (χ3v) is 11.0. The Morgan fingerprint density at radius 2 is 1.58 bits per heavy atom. The summed E-state index contributed by atoms with van der Waals surface area (Å²) in [6.07, 6.45) is 4.92. The number of rotatable bonds is 4. The summed E-state index contributed by atoms with van der Waals surface area (Å²) in [6, 6.07) is 0. The van der Waals surface area contributed by atoms with E-state index in [4.69, 9.17) is 14.2 Å². The first-order chi connectivity index (χ1) is 15.7. The molecular weight excluding hydrogens is 424 g/mol. The maximum absolute atomic E-state index is 10.4. The molecule has 7 heteroatoms. The first-order valence-corrected chi connectivity index (χ1v) is 13.2. The van der Waals surface area contributed by atoms with Crippen LogP contribution in [-0.2, 0) is 14.2 Å². The van der Waals surface area contributed by atoms with Gasteiger partial charge in [0.1, 0.15) is 24.4 Å². The number of methoxy groups -OCH3 is 1. The third kappa shape index (κ3) is 3.81. The highest BCUT2D eigenvalue weighted by Gasteiger charge is 2.60. The van der Waals surface area contributed by atoms with Gasteiger partial charge in [-0.1, -0.05) is 13.8 Å². The molecule has 0 aromatic carbocycles. The van der Waals surface area contributed by atoms with Crippen LogP contribution in [0.2, 0.25) is 0 Å². The van der Waals surface area contributed by atoms with Gasteiger partial charge in [0, 0.05) is 7.11 Å². The van der Waals surface area contributed by atoms with Gasteiger partial charge < -0.3 is 34.6 Å². The second kappa shape index (κ2) is 8.99. The molecule has 13 atom stereocenters. The summed E-state index contributed by atoms with van der Waals surface area (Å²) < 4.78 is 17.7. The minimum absolute atomic E-state index is 0.0423. The molecule has 1 heterocycles. The molecule has 5 fully saturated rings. The van der Waals surface area contributed by atoms with Gasteiger partial charge in [0.25, 0.3) is 0 Å². The fraction of sp³-hybridized carbons (Fsp3) is 1.00. The molecule has 4 saturated carbocycles. The zero-order valence-corrected chi connectivity index (χ0v) is 20.4. The fourth-order valence-corrected chi connectivity index (χ4v) is 9.05. The van der Waals surface area contributed by atoms with Crippen molar-refractivity contribution in [3.05, 3.63) is 0 Å². The molecular formula is C26H44O7. The van der Waals surface area contributed by atoms with Crippen molar-refractivity contribution in [2.75, 3.05) is 13.7 Å². The van der Waals surface area contributed by atoms with E-state index in [0.29, 0.717) is 22.9 Å². The zero-order chi connectivity index (χ0) is 23.5. The van der Waals surface area contributed by atoms with E-state index in [1.165, 1.54) is 38.5 Å². The molecule has 5 aliphatic rings. The van der Waals surface area contributed by atoms with Gasteiger partial charge >= 0.3 is 0 Å². The molecule has 1 aliphatic heterocycles. The van der Waals surface area contributed by atoms with Crippen molar-refractivity contribution >= 4 is 0 Å². The van der Waals surface area contributed by atoms with Crippen molar-refractivity contribution in [2.45, 2.75) is 115 Å². The second-order valence-electron chi connectivity index (χ2n) is 12.2. The number of aliphatic hydroxyl groups is 4. The van der Waals surface area contributed by atoms with Crippen LogP contribution in [0.3, 0.4) is 0 Å². The van der Waals surface area contributed by atoms with Crippen LogP contribution in [-0.4, -0.2) is 77.1 Å². The fourth-order valence-electron chi connectivity index (χ4n) is 9.05. The normalized spacial score (nSPS) is 56.6. The smallest absolute Gasteiger partial charge is 0.186 e. The number of hydrogen-bond donors (Lipinski definition) is 4. The first kappa shape index (κ1) is 24.4. The van der Waals surface area contributed by atoms with E-state index < -0.39 is 37.3 Å². The molecule has 7 nitrogen and oxygen atoms in total. The average molecular weight is 469 g/mol. The van der Waals surface area contributed by atoms with Gasteiger partial charge in [-0.3, -0.25) is 0 Å². The van der Waals surface area contributed by atoms with Crippen molar-refractivity contribution in [1.82, 2.24) is 0 Å². The Labute approximate surface area is 197 Å². The predicted octanol–water partition coefficient (Wildman–Crippen LogP) is 2.23. The maximum atomic E-state index is 10.4. The Hall–Kier alpha value is -0.280. The molecule has 5 rings (SSSR count). The molecule has 0 radical (unpaired) electrons. The van der Waals surface area contributed by atoms with Gasteiger partial charge in [-0.2, -0.15) is 0 Å². The van der Waals surface area contributed by atoms with Gasteiger partial charge in [0.2, 0.25) is 0 Å². The summed E-state index contributed by atoms with van der Waals surface area (Å²) in [5.74, 6) is 2.93. The number of hydrogen-bond acceptors (Lipinski definition) is 7. The van der Waals surface area contributed by atoms with Crippen molar-refractivity contribution in [2.24, 2.45) is 34.5 Å². The SMILES string of the molecule is CO[C@H]1CC[C@H]2[C@@H]3CC[C@H]4C[C@@H](O[C@@H]5O[C@H](CO)[C@H](O)[C@H](O)[C@H]5O)CC[C@]4(C)[C@H]3CC[C@]12C. The lowest BCUT2D eigenvalue weighted by atomic mass is 9.45. The molecule has 0 amide bonds. The van der Waals surface area contributed by atoms with E-state index in [2.05, 4.69) is 13.8 Å². The van der Waals surface area contributed by atoms with Crippen LogP contribution < -0.4 is 0 Å². The van der Waals surface area contributed by atoms with Crippen molar-refractivity contribution in [3.8, 4) is 0 Å². The molecule has 0 unspecified atom stereocenters. The lowest BCUT2D eigenvalue weighted by molar-refractivity contribution is -0.316. The molecule has 0 aromatic rings. The zero-order valence-electron chi connectivity index (χ0n) is 20.4. The highest BCUT2D eigenvalue weighted by molar-refractivity contribution is 5.10. The highest BCUT2D eigenvalue weighted by atomic mass is 16.7. The van der Waals surface area contributed by atoms with E-state index in [1.54, 1.807) is 0 Å². The van der Waals surface area contributed by atoms with Gasteiger partial charge in [-0.15, -0.1) is 0 Å². The first-order valence-electron chi connectivity index (χ1n) is 13.2. The minimum atomic E-state index is -1.39. The summed E-state index contributed by atoms with van der Waals surface area (Å²) in [5.41, 5.74) is 0.660. The summed E-state index contributed by atoms with van der Waals surface area (Å²) >= 11 is 0. The molecule has 4 N–H and O–H groups in total. The lowest BCUT2D eigenvalue weighted by Crippen LogP contribution is -2.60. The summed E-state index contributed by atoms with van der Waals surface area (Å²) in [6.45, 7) is 4.57. The van der Waals surface area contributed by atoms with Crippen LogP contribution in [0, 0.1) is 34.5 Å². The van der Waals surface area contributed by atoms with Crippen LogP contribution in [0.15, 0.2) is 0 Å². The average Bonchev–Trinajstić information content (AvgIpc) is 3.16. The Morgan fingerprint density at radius 1 is 0.848 bits per heavy atom.